The van der Waals surface area contributed by atoms with Gasteiger partial charge in [0, 0.05) is 79.8 Å². The molecule has 15 nitrogen and oxygen atoms in total. The number of carbonyl (C=O) groups excluding carboxylic acids is 6. The summed E-state index contributed by atoms with van der Waals surface area (Å²) in [7, 11) is 0. The van der Waals surface area contributed by atoms with Crippen LogP contribution in [0.5, 0.6) is 5.75 Å². The first kappa shape index (κ1) is 43.3. The Morgan fingerprint density at radius 1 is 0.862 bits per heavy atom. The third-order valence-electron chi connectivity index (χ3n) is 12.6. The van der Waals surface area contributed by atoms with Gasteiger partial charge in [-0.1, -0.05) is 43.2 Å². The molecule has 4 aromatic carbocycles. The summed E-state index contributed by atoms with van der Waals surface area (Å²) in [6.07, 6.45) is 5.75. The van der Waals surface area contributed by atoms with E-state index in [1.54, 1.807) is 23.6 Å². The van der Waals surface area contributed by atoms with Gasteiger partial charge in [-0.3, -0.25) is 49.2 Å². The van der Waals surface area contributed by atoms with Crippen LogP contribution in [-0.2, 0) is 20.9 Å². The average molecular weight is 899 g/mol. The van der Waals surface area contributed by atoms with Gasteiger partial charge in [0.25, 0.3) is 23.6 Å². The van der Waals surface area contributed by atoms with Gasteiger partial charge in [-0.25, -0.2) is 9.37 Å². The molecule has 17 heteroatoms. The summed E-state index contributed by atoms with van der Waals surface area (Å²) in [6, 6.07) is 20.1. The summed E-state index contributed by atoms with van der Waals surface area (Å²) in [5.74, 6) is -4.01. The Kier molecular flexibility index (Phi) is 12.4. The molecular weight excluding hydrogens is 852 g/mol. The van der Waals surface area contributed by atoms with Gasteiger partial charge in [-0.05, 0) is 91.0 Å². The van der Waals surface area contributed by atoms with Gasteiger partial charge >= 0.3 is 0 Å². The number of rotatable bonds is 15. The zero-order chi connectivity index (χ0) is 45.2. The van der Waals surface area contributed by atoms with Gasteiger partial charge < -0.3 is 20.2 Å². The van der Waals surface area contributed by atoms with Crippen LogP contribution in [0.3, 0.4) is 0 Å². The normalized spacial score (nSPS) is 17.9. The van der Waals surface area contributed by atoms with Gasteiger partial charge in [0.1, 0.15) is 23.7 Å². The molecule has 2 saturated heterocycles. The number of nitrogens with zero attached hydrogens (tertiary/aromatic N) is 5. The highest BCUT2D eigenvalue weighted by Crippen LogP contribution is 2.38. The van der Waals surface area contributed by atoms with Crippen molar-refractivity contribution in [3.8, 4) is 16.9 Å². The SMILES string of the molecule is O=C1CCC(N2C(=O)c3cccc(NCCCCCCN4CCN(c5ccc(-c6ccc7c(c6)C(=O)N(C(C(=O)Nc6nccs6)c6cc(F)ccc6O)C7)cc5)CC4)c3C2=O)C(=O)N1. The van der Waals surface area contributed by atoms with Crippen molar-refractivity contribution in [1.82, 2.24) is 25.0 Å². The van der Waals surface area contributed by atoms with E-state index in [2.05, 4.69) is 42.9 Å². The number of amides is 6. The molecule has 0 radical (unpaired) electrons. The maximum atomic E-state index is 14.4. The molecule has 4 aliphatic heterocycles. The van der Waals surface area contributed by atoms with E-state index in [9.17, 15) is 38.3 Å². The highest BCUT2D eigenvalue weighted by Gasteiger charge is 2.46. The lowest BCUT2D eigenvalue weighted by molar-refractivity contribution is -0.136. The number of nitrogens with one attached hydrogen (secondary N) is 3. The number of anilines is 3. The number of thiazole rings is 1. The summed E-state index contributed by atoms with van der Waals surface area (Å²) in [5.41, 5.74) is 5.15. The molecular formula is C48H47FN8O7S. The molecule has 2 fully saturated rings. The standard InChI is InChI=1S/C48H47FN8O7S/c49-32-12-16-39(58)36(27-32)42(44(61)53-48-51-19-25-65-48)56-28-31-9-8-30(26-35(31)45(56)62)29-10-13-33(14-11-29)55-23-21-54(22-24-55)20-4-2-1-3-18-50-37-7-5-6-34-41(37)47(64)57(46(34)63)38-15-17-40(59)52-43(38)60/h5-14,16,19,25-27,38,42,50,58H,1-4,15,17-18,20-24,28H2,(H,51,53,61)(H,52,59,60). The van der Waals surface area contributed by atoms with Crippen molar-refractivity contribution in [2.75, 3.05) is 54.8 Å². The van der Waals surface area contributed by atoms with Crippen molar-refractivity contribution >= 4 is 63.3 Å². The zero-order valence-electron chi connectivity index (χ0n) is 35.4. The Morgan fingerprint density at radius 3 is 2.42 bits per heavy atom. The lowest BCUT2D eigenvalue weighted by Crippen LogP contribution is -2.54. The number of benzene rings is 4. The fraction of sp³-hybridized carbons (Fsp3) is 0.312. The quantitative estimate of drug-likeness (QED) is 0.0695. The second-order valence-electron chi connectivity index (χ2n) is 16.6. The maximum absolute atomic E-state index is 14.4. The predicted molar refractivity (Wildman–Crippen MR) is 242 cm³/mol. The smallest absolute Gasteiger partial charge is 0.264 e. The molecule has 5 aromatic rings. The van der Waals surface area contributed by atoms with Crippen LogP contribution in [0.25, 0.3) is 11.1 Å². The number of halogens is 1. The van der Waals surface area contributed by atoms with Crippen LogP contribution in [0.1, 0.15) is 86.8 Å². The van der Waals surface area contributed by atoms with Crippen LogP contribution in [0.15, 0.2) is 90.4 Å². The lowest BCUT2D eigenvalue weighted by Gasteiger charge is -2.36. The van der Waals surface area contributed by atoms with Crippen molar-refractivity contribution in [1.29, 1.82) is 0 Å². The minimum Gasteiger partial charge on any atom is -0.508 e. The number of carbonyl (C=O) groups is 6. The Bertz CT molecular complexity index is 2670. The number of piperazine rings is 1. The summed E-state index contributed by atoms with van der Waals surface area (Å²) in [5, 5.41) is 21.0. The highest BCUT2D eigenvalue weighted by atomic mass is 32.1. The van der Waals surface area contributed by atoms with E-state index in [4.69, 9.17) is 0 Å². The molecule has 0 spiro atoms. The Hall–Kier alpha value is -6.98. The second-order valence-corrected chi connectivity index (χ2v) is 17.5. The lowest BCUT2D eigenvalue weighted by atomic mass is 10.00. The molecule has 2 atom stereocenters. The van der Waals surface area contributed by atoms with E-state index in [-0.39, 0.29) is 41.8 Å². The number of hydrogen-bond acceptors (Lipinski definition) is 12. The maximum Gasteiger partial charge on any atom is 0.264 e. The van der Waals surface area contributed by atoms with Gasteiger partial charge in [-0.15, -0.1) is 11.3 Å². The molecule has 6 amide bonds. The summed E-state index contributed by atoms with van der Waals surface area (Å²) in [6.45, 7) is 5.44. The fourth-order valence-electron chi connectivity index (χ4n) is 9.16. The van der Waals surface area contributed by atoms with Crippen LogP contribution in [0.2, 0.25) is 0 Å². The number of fused-ring (bicyclic) bond motifs is 2. The third-order valence-corrected chi connectivity index (χ3v) is 13.3. The third kappa shape index (κ3) is 8.93. The van der Waals surface area contributed by atoms with E-state index in [0.717, 1.165) is 97.8 Å². The summed E-state index contributed by atoms with van der Waals surface area (Å²) < 4.78 is 14.4. The molecule has 9 rings (SSSR count). The van der Waals surface area contributed by atoms with Crippen LogP contribution in [0.4, 0.5) is 20.9 Å². The van der Waals surface area contributed by atoms with Crippen molar-refractivity contribution < 1.29 is 38.3 Å². The predicted octanol–water partition coefficient (Wildman–Crippen LogP) is 6.19. The minimum atomic E-state index is -1.30. The molecule has 4 aliphatic rings. The largest absolute Gasteiger partial charge is 0.508 e. The highest BCUT2D eigenvalue weighted by molar-refractivity contribution is 7.13. The number of phenolic OH excluding ortho intramolecular Hbond substituents is 1. The van der Waals surface area contributed by atoms with Crippen molar-refractivity contribution in [3.63, 3.8) is 0 Å². The molecule has 0 aliphatic carbocycles. The fourth-order valence-corrected chi connectivity index (χ4v) is 9.69. The topological polar surface area (TPSA) is 185 Å². The van der Waals surface area contributed by atoms with E-state index in [1.165, 1.54) is 28.5 Å². The zero-order valence-corrected chi connectivity index (χ0v) is 36.2. The number of imide groups is 2. The van der Waals surface area contributed by atoms with Crippen molar-refractivity contribution in [2.24, 2.45) is 0 Å². The molecule has 1 aromatic heterocycles. The Balaban J connectivity index is 0.729. The number of aromatic nitrogens is 1. The van der Waals surface area contributed by atoms with Gasteiger partial charge in [0.05, 0.1) is 11.1 Å². The van der Waals surface area contributed by atoms with Gasteiger partial charge in [0.15, 0.2) is 5.13 Å². The number of phenols is 1. The molecule has 334 valence electrons. The molecule has 0 bridgehead atoms. The number of piperidine rings is 1. The summed E-state index contributed by atoms with van der Waals surface area (Å²) in [4.78, 5) is 89.5. The monoisotopic (exact) mass is 898 g/mol. The van der Waals surface area contributed by atoms with E-state index < -0.39 is 53.3 Å². The van der Waals surface area contributed by atoms with Gasteiger partial charge in [0.2, 0.25) is 11.8 Å². The first-order valence-corrected chi connectivity index (χ1v) is 22.7. The van der Waals surface area contributed by atoms with E-state index >= 15 is 0 Å². The Morgan fingerprint density at radius 2 is 1.65 bits per heavy atom. The molecule has 4 N–H and O–H groups in total. The first-order chi connectivity index (χ1) is 31.5. The number of hydrogen-bond donors (Lipinski definition) is 4. The second kappa shape index (κ2) is 18.6. The molecule has 5 heterocycles. The van der Waals surface area contributed by atoms with Gasteiger partial charge in [-0.2, -0.15) is 0 Å². The first-order valence-electron chi connectivity index (χ1n) is 21.8. The van der Waals surface area contributed by atoms with Crippen LogP contribution < -0.4 is 20.9 Å². The van der Waals surface area contributed by atoms with Crippen molar-refractivity contribution in [2.45, 2.75) is 57.2 Å². The minimum absolute atomic E-state index is 0.0175. The Labute approximate surface area is 378 Å². The molecule has 2 unspecified atom stereocenters. The molecule has 65 heavy (non-hydrogen) atoms. The van der Waals surface area contributed by atoms with E-state index in [1.807, 2.05) is 30.3 Å². The molecule has 0 saturated carbocycles. The average Bonchev–Trinajstić information content (AvgIpc) is 4.01. The van der Waals surface area contributed by atoms with Crippen LogP contribution in [0, 0.1) is 5.82 Å². The van der Waals surface area contributed by atoms with Crippen LogP contribution >= 0.6 is 11.3 Å². The summed E-state index contributed by atoms with van der Waals surface area (Å²) >= 11 is 1.21. The van der Waals surface area contributed by atoms with Crippen molar-refractivity contribution in [3.05, 3.63) is 124 Å². The van der Waals surface area contributed by atoms with E-state index in [0.29, 0.717) is 22.9 Å². The van der Waals surface area contributed by atoms with Crippen LogP contribution in [-0.4, -0.2) is 106 Å². The number of unbranched alkanes of at least 4 members (excludes halogenated alkanes) is 3. The number of aromatic hydroxyl groups is 1.